The van der Waals surface area contributed by atoms with Gasteiger partial charge in [0.1, 0.15) is 35.1 Å². The van der Waals surface area contributed by atoms with Gasteiger partial charge in [0.15, 0.2) is 38.4 Å². The van der Waals surface area contributed by atoms with E-state index in [1.165, 1.54) is 42.7 Å². The molecule has 5 aromatic carbocycles. The number of aryl methyl sites for hydroxylation is 4. The highest BCUT2D eigenvalue weighted by atomic mass is 32.2. The van der Waals surface area contributed by atoms with Crippen molar-refractivity contribution in [2.45, 2.75) is 110 Å². The number of nitrogens with one attached hydrogen (secondary N) is 1. The number of para-hydroxylation sites is 1. The van der Waals surface area contributed by atoms with Crippen molar-refractivity contribution in [3.8, 4) is 28.9 Å². The minimum Gasteiger partial charge on any atom is -0.493 e. The van der Waals surface area contributed by atoms with Crippen molar-refractivity contribution in [3.63, 3.8) is 0 Å². The zero-order chi connectivity index (χ0) is 72.6. The van der Waals surface area contributed by atoms with Gasteiger partial charge in [-0.25, -0.2) is 45.4 Å². The van der Waals surface area contributed by atoms with Gasteiger partial charge in [0, 0.05) is 42.0 Å². The van der Waals surface area contributed by atoms with Crippen LogP contribution in [0, 0.1) is 36.7 Å². The molecule has 0 unspecified atom stereocenters. The van der Waals surface area contributed by atoms with E-state index < -0.39 is 76.6 Å². The van der Waals surface area contributed by atoms with Crippen LogP contribution in [0.2, 0.25) is 0 Å². The molecule has 3 aliphatic rings. The fraction of sp³-hybridized carbons (Fsp3) is 0.333. The van der Waals surface area contributed by atoms with Crippen molar-refractivity contribution in [2.75, 3.05) is 44.5 Å². The first kappa shape index (κ1) is 73.7. The van der Waals surface area contributed by atoms with Gasteiger partial charge in [-0.15, -0.1) is 5.10 Å². The molecule has 0 atom stereocenters. The zero-order valence-electron chi connectivity index (χ0n) is 56.6. The Bertz CT molecular complexity index is 4850. The molecule has 0 saturated carbocycles. The van der Waals surface area contributed by atoms with Crippen LogP contribution in [0.1, 0.15) is 109 Å². The molecule has 0 aliphatic carbocycles. The fourth-order valence-corrected chi connectivity index (χ4v) is 13.0. The Balaban J connectivity index is 0.000000156. The highest BCUT2D eigenvalue weighted by molar-refractivity contribution is 7.92. The lowest BCUT2D eigenvalue weighted by molar-refractivity contribution is -0.143. The van der Waals surface area contributed by atoms with Crippen LogP contribution in [0.4, 0.5) is 18.9 Å². The molecule has 0 saturated heterocycles. The van der Waals surface area contributed by atoms with E-state index in [1.54, 1.807) is 27.9 Å². The van der Waals surface area contributed by atoms with Gasteiger partial charge in [-0.3, -0.25) is 19.1 Å². The number of rotatable bonds is 16. The number of fused-ring (bicyclic) bond motifs is 2. The highest BCUT2D eigenvalue weighted by Crippen LogP contribution is 2.42. The van der Waals surface area contributed by atoms with E-state index in [0.717, 1.165) is 71.3 Å². The number of carbonyl (C=O) groups excluding carboxylic acids is 3. The monoisotopic (exact) mass is 1420 g/mol. The third-order valence-corrected chi connectivity index (χ3v) is 18.3. The molecule has 0 spiro atoms. The molecule has 31 heteroatoms. The van der Waals surface area contributed by atoms with Gasteiger partial charge < -0.3 is 33.7 Å². The second kappa shape index (κ2) is 30.7. The molecule has 100 heavy (non-hydrogen) atoms. The van der Waals surface area contributed by atoms with Crippen molar-refractivity contribution in [3.05, 3.63) is 193 Å². The molecule has 0 radical (unpaired) electrons. The summed E-state index contributed by atoms with van der Waals surface area (Å²) in [6.45, 7) is 17.7. The molecule has 26 nitrogen and oxygen atoms in total. The van der Waals surface area contributed by atoms with Gasteiger partial charge >= 0.3 is 17.9 Å². The fourth-order valence-electron chi connectivity index (χ4n) is 11.1. The molecule has 12 rings (SSSR count). The van der Waals surface area contributed by atoms with Crippen molar-refractivity contribution in [1.29, 1.82) is 0 Å². The SMILES string of the molecule is CCOC(=O)C1=NOC(c2ccccc2)(c2ccccc2)C1.CCc1cc(C)cc(CC)c1-c1c(OC(=O)C(C)(C)C)n2n(c1=O)CCOCC2.COc1ncc(F)c2nc(S(=O)(=O)Nc3c(F)cccc3F)nn12.Cc1c(C(=O)c2cnn(C)c2O)ccc(S(C)(=O)=O)c1C1=NOCC1. The third kappa shape index (κ3) is 15.6. The average Bonchev–Trinajstić information content (AvgIpc) is 1.65. The number of hydrogen-bond acceptors (Lipinski definition) is 21. The first-order valence-electron chi connectivity index (χ1n) is 31.5. The van der Waals surface area contributed by atoms with E-state index in [1.807, 2.05) is 81.4 Å². The molecule has 7 heterocycles. The maximum Gasteiger partial charge on any atom is 0.356 e. The Morgan fingerprint density at radius 3 is 1.93 bits per heavy atom. The van der Waals surface area contributed by atoms with Gasteiger partial charge in [0.2, 0.25) is 11.8 Å². The molecule has 0 amide bonds. The highest BCUT2D eigenvalue weighted by Gasteiger charge is 2.45. The number of sulfone groups is 1. The summed E-state index contributed by atoms with van der Waals surface area (Å²) in [6.07, 6.45) is 5.56. The van der Waals surface area contributed by atoms with Crippen LogP contribution in [0.3, 0.4) is 0 Å². The van der Waals surface area contributed by atoms with E-state index in [2.05, 4.69) is 63.4 Å². The maximum atomic E-state index is 13.7. The summed E-state index contributed by atoms with van der Waals surface area (Å²) in [7, 11) is -5.38. The van der Waals surface area contributed by atoms with Gasteiger partial charge in [0.05, 0.1) is 74.9 Å². The van der Waals surface area contributed by atoms with Crippen molar-refractivity contribution >= 4 is 60.3 Å². The number of methoxy groups -OCH3 is 1. The summed E-state index contributed by atoms with van der Waals surface area (Å²) in [4.78, 5) is 69.0. The number of hydrogen-bond donors (Lipinski definition) is 2. The third-order valence-electron chi connectivity index (χ3n) is 16.1. The van der Waals surface area contributed by atoms with E-state index in [4.69, 9.17) is 28.6 Å². The summed E-state index contributed by atoms with van der Waals surface area (Å²) in [5, 5.41) is 24.4. The number of anilines is 1. The Kier molecular flexibility index (Phi) is 22.6. The lowest BCUT2D eigenvalue weighted by Gasteiger charge is -2.27. The van der Waals surface area contributed by atoms with E-state index >= 15 is 0 Å². The molecule has 528 valence electrons. The topological polar surface area (TPSA) is 320 Å². The molecule has 2 N–H and O–H groups in total. The summed E-state index contributed by atoms with van der Waals surface area (Å²) in [5.74, 6) is -4.34. The number of halogens is 3. The largest absolute Gasteiger partial charge is 0.493 e. The van der Waals surface area contributed by atoms with E-state index in [-0.39, 0.29) is 39.4 Å². The van der Waals surface area contributed by atoms with Crippen LogP contribution < -0.4 is 19.8 Å². The number of ketones is 1. The van der Waals surface area contributed by atoms with Crippen LogP contribution >= 0.6 is 0 Å². The number of benzene rings is 5. The number of sulfonamides is 1. The summed E-state index contributed by atoms with van der Waals surface area (Å²) < 4.78 is 118. The van der Waals surface area contributed by atoms with E-state index in [0.29, 0.717) is 90.9 Å². The molecule has 0 bridgehead atoms. The number of carbonyl (C=O) groups is 3. The van der Waals surface area contributed by atoms with Crippen molar-refractivity contribution in [2.24, 2.45) is 22.8 Å². The first-order valence-corrected chi connectivity index (χ1v) is 34.9. The normalized spacial score (nSPS) is 14.0. The molecule has 9 aromatic rings. The minimum absolute atomic E-state index is 0.0493. The second-order valence-corrected chi connectivity index (χ2v) is 27.6. The molecular weight excluding hydrogens is 1340 g/mol. The van der Waals surface area contributed by atoms with E-state index in [9.17, 15) is 54.3 Å². The van der Waals surface area contributed by atoms with Crippen LogP contribution in [0.15, 0.2) is 141 Å². The lowest BCUT2D eigenvalue weighted by atomic mass is 9.82. The second-order valence-electron chi connectivity index (χ2n) is 24.0. The maximum absolute atomic E-state index is 13.7. The summed E-state index contributed by atoms with van der Waals surface area (Å²) >= 11 is 0. The Hall–Kier alpha value is -10.5. The van der Waals surface area contributed by atoms with Gasteiger partial charge in [-0.05, 0) is 101 Å². The Morgan fingerprint density at radius 1 is 0.770 bits per heavy atom. The molecule has 4 aromatic heterocycles. The number of esters is 2. The zero-order valence-corrected chi connectivity index (χ0v) is 58.3. The van der Waals surface area contributed by atoms with Crippen molar-refractivity contribution < 1.29 is 78.1 Å². The van der Waals surface area contributed by atoms with Crippen LogP contribution in [0.25, 0.3) is 16.8 Å². The summed E-state index contributed by atoms with van der Waals surface area (Å²) in [5.41, 5.74) is 5.75. The molecular formula is C69H74F3N11O15S2. The number of oxime groups is 2. The molecule has 3 aliphatic heterocycles. The first-order chi connectivity index (χ1) is 47.5. The standard InChI is InChI=1S/C23H32N2O4.C18H17NO3.C16H17N3O5S.C12H8F3N5O3S/c1-7-16-13-15(3)14-17(8-2)18(16)19-20(26)24-9-11-28-12-10-25(24)21(19)29-22(27)23(4,5)6;1-2-21-17(20)16-13-18(22-19-16,14-9-5-3-6-10-14)15-11-7-4-8-12-15;1-9-10(15(20)11-8-17-19(2)16(11)21)4-5-13(25(3,22)23)14(9)12-6-7-24-18-12;1-23-12-16-5-8(15)10-17-11(18-20(10)12)24(21,22)19-9-6(13)3-2-4-7(9)14/h13-14H,7-12H2,1-6H3;3-12H,2,13H2,1H3;4-5,8,21H,6-7H2,1-3H3;2-5,19H,1H3. The predicted octanol–water partition coefficient (Wildman–Crippen LogP) is 9.55. The Morgan fingerprint density at radius 2 is 1.39 bits per heavy atom. The van der Waals surface area contributed by atoms with Gasteiger partial charge in [-0.1, -0.05) is 109 Å². The smallest absolute Gasteiger partial charge is 0.356 e. The quantitative estimate of drug-likeness (QED) is 0.0671. The lowest BCUT2D eigenvalue weighted by Crippen LogP contribution is -2.29. The van der Waals surface area contributed by atoms with Crippen LogP contribution in [-0.4, -0.2) is 130 Å². The van der Waals surface area contributed by atoms with Gasteiger partial charge in [0.25, 0.3) is 20.7 Å². The average molecular weight is 1420 g/mol. The van der Waals surface area contributed by atoms with Crippen LogP contribution in [0.5, 0.6) is 17.8 Å². The predicted molar refractivity (Wildman–Crippen MR) is 361 cm³/mol. The number of aromatic nitrogens is 8. The number of ether oxygens (including phenoxy) is 4. The molecule has 0 fully saturated rings. The van der Waals surface area contributed by atoms with Gasteiger partial charge in [-0.2, -0.15) is 23.0 Å². The minimum atomic E-state index is -4.58. The summed E-state index contributed by atoms with van der Waals surface area (Å²) in [6, 6.07) is 29.3. The van der Waals surface area contributed by atoms with Crippen LogP contribution in [-0.2, 0) is 87.2 Å². The number of nitrogens with zero attached hydrogens (tertiary/aromatic N) is 10. The number of aromatic hydroxyl groups is 1. The Labute approximate surface area is 573 Å². The van der Waals surface area contributed by atoms with Crippen molar-refractivity contribution in [1.82, 2.24) is 38.7 Å².